The highest BCUT2D eigenvalue weighted by atomic mass is 127. The smallest absolute Gasteiger partial charge is 0.191 e. The molecule has 0 amide bonds. The van der Waals surface area contributed by atoms with Crippen LogP contribution in [-0.2, 0) is 6.42 Å². The molecule has 6 heteroatoms. The molecule has 0 unspecified atom stereocenters. The van der Waals surface area contributed by atoms with E-state index in [-0.39, 0.29) is 24.0 Å². The molecule has 1 aromatic heterocycles. The summed E-state index contributed by atoms with van der Waals surface area (Å²) in [6.45, 7) is 3.42. The minimum Gasteiger partial charge on any atom is -0.361 e. The van der Waals surface area contributed by atoms with Gasteiger partial charge >= 0.3 is 0 Å². The predicted octanol–water partition coefficient (Wildman–Crippen LogP) is 4.68. The number of aliphatic imine (C=N–C) groups is 1. The quantitative estimate of drug-likeness (QED) is 0.223. The minimum absolute atomic E-state index is 0. The summed E-state index contributed by atoms with van der Waals surface area (Å²) in [5, 5.41) is 8.52. The van der Waals surface area contributed by atoms with Crippen molar-refractivity contribution in [2.24, 2.45) is 4.99 Å². The van der Waals surface area contributed by atoms with Gasteiger partial charge in [-0.2, -0.15) is 0 Å². The molecule has 1 aliphatic carbocycles. The van der Waals surface area contributed by atoms with Gasteiger partial charge < -0.3 is 20.5 Å². The van der Waals surface area contributed by atoms with Crippen LogP contribution in [0.25, 0.3) is 10.9 Å². The largest absolute Gasteiger partial charge is 0.361 e. The molecular weight excluding hydrogens is 485 g/mol. The maximum absolute atomic E-state index is 4.45. The summed E-state index contributed by atoms with van der Waals surface area (Å²) < 4.78 is 0. The molecule has 2 fully saturated rings. The fourth-order valence-corrected chi connectivity index (χ4v) is 5.07. The molecule has 30 heavy (non-hydrogen) atoms. The van der Waals surface area contributed by atoms with Crippen molar-refractivity contribution in [2.75, 3.05) is 26.7 Å². The van der Waals surface area contributed by atoms with Crippen LogP contribution in [0.5, 0.6) is 0 Å². The number of rotatable bonds is 6. The maximum Gasteiger partial charge on any atom is 0.191 e. The first-order chi connectivity index (χ1) is 14.3. The first-order valence-corrected chi connectivity index (χ1v) is 11.6. The fraction of sp³-hybridized carbons (Fsp3) is 0.625. The van der Waals surface area contributed by atoms with E-state index in [0.29, 0.717) is 6.04 Å². The third kappa shape index (κ3) is 6.13. The fourth-order valence-electron chi connectivity index (χ4n) is 5.07. The van der Waals surface area contributed by atoms with Crippen molar-refractivity contribution in [1.29, 1.82) is 0 Å². The number of para-hydroxylation sites is 1. The Bertz CT molecular complexity index is 788. The number of likely N-dealkylation sites (tertiary alicyclic amines) is 1. The van der Waals surface area contributed by atoms with Gasteiger partial charge in [0.2, 0.25) is 0 Å². The van der Waals surface area contributed by atoms with Gasteiger partial charge in [-0.1, -0.05) is 37.5 Å². The lowest BCUT2D eigenvalue weighted by Crippen LogP contribution is -2.51. The number of H-pyrrole nitrogens is 1. The number of aryl methyl sites for hydroxylation is 1. The van der Waals surface area contributed by atoms with Gasteiger partial charge in [0.15, 0.2) is 5.96 Å². The summed E-state index contributed by atoms with van der Waals surface area (Å²) in [4.78, 5) is 10.6. The summed E-state index contributed by atoms with van der Waals surface area (Å²) in [7, 11) is 1.88. The highest BCUT2D eigenvalue weighted by Crippen LogP contribution is 2.25. The third-order valence-corrected chi connectivity index (χ3v) is 6.78. The van der Waals surface area contributed by atoms with Gasteiger partial charge in [-0.25, -0.2) is 0 Å². The molecular formula is C24H38IN5. The number of halogens is 1. The van der Waals surface area contributed by atoms with E-state index in [1.54, 1.807) is 0 Å². The molecule has 4 rings (SSSR count). The van der Waals surface area contributed by atoms with Crippen molar-refractivity contribution in [2.45, 2.75) is 69.9 Å². The molecule has 1 aliphatic heterocycles. The highest BCUT2D eigenvalue weighted by molar-refractivity contribution is 14.0. The van der Waals surface area contributed by atoms with Gasteiger partial charge in [-0.15, -0.1) is 24.0 Å². The lowest BCUT2D eigenvalue weighted by molar-refractivity contribution is 0.119. The Balaban J connectivity index is 0.00000256. The van der Waals surface area contributed by atoms with Gasteiger partial charge in [-0.05, 0) is 50.2 Å². The number of aromatic nitrogens is 1. The Morgan fingerprint density at radius 2 is 1.87 bits per heavy atom. The number of nitrogens with one attached hydrogen (secondary N) is 3. The summed E-state index contributed by atoms with van der Waals surface area (Å²) in [5.74, 6) is 0.958. The molecule has 1 saturated heterocycles. The van der Waals surface area contributed by atoms with E-state index in [1.807, 2.05) is 7.05 Å². The molecule has 1 saturated carbocycles. The molecule has 166 valence electrons. The molecule has 0 radical (unpaired) electrons. The van der Waals surface area contributed by atoms with Crippen molar-refractivity contribution < 1.29 is 0 Å². The topological polar surface area (TPSA) is 55.5 Å². The number of piperidine rings is 1. The van der Waals surface area contributed by atoms with Gasteiger partial charge in [0.1, 0.15) is 0 Å². The first kappa shape index (κ1) is 23.4. The molecule has 2 aliphatic rings. The molecule has 1 aromatic carbocycles. The Labute approximate surface area is 198 Å². The highest BCUT2D eigenvalue weighted by Gasteiger charge is 2.26. The zero-order valence-corrected chi connectivity index (χ0v) is 20.7. The second kappa shape index (κ2) is 11.9. The Morgan fingerprint density at radius 3 is 2.63 bits per heavy atom. The van der Waals surface area contributed by atoms with Gasteiger partial charge in [0.05, 0.1) is 0 Å². The van der Waals surface area contributed by atoms with Crippen molar-refractivity contribution in [3.63, 3.8) is 0 Å². The van der Waals surface area contributed by atoms with Crippen LogP contribution in [-0.4, -0.2) is 54.6 Å². The summed E-state index contributed by atoms with van der Waals surface area (Å²) in [5.41, 5.74) is 2.63. The van der Waals surface area contributed by atoms with E-state index in [4.69, 9.17) is 0 Å². The lowest BCUT2D eigenvalue weighted by Gasteiger charge is -2.39. The molecule has 0 atom stereocenters. The van der Waals surface area contributed by atoms with Crippen LogP contribution in [0.4, 0.5) is 0 Å². The zero-order chi connectivity index (χ0) is 19.9. The van der Waals surface area contributed by atoms with E-state index in [9.17, 15) is 0 Å². The Hall–Kier alpha value is -1.28. The van der Waals surface area contributed by atoms with Crippen molar-refractivity contribution in [1.82, 2.24) is 20.5 Å². The van der Waals surface area contributed by atoms with Crippen LogP contribution in [0, 0.1) is 0 Å². The molecule has 5 nitrogen and oxygen atoms in total. The van der Waals surface area contributed by atoms with E-state index in [1.165, 1.54) is 74.5 Å². The van der Waals surface area contributed by atoms with Crippen LogP contribution in [0.1, 0.15) is 56.9 Å². The maximum atomic E-state index is 4.45. The van der Waals surface area contributed by atoms with E-state index >= 15 is 0 Å². The molecule has 3 N–H and O–H groups in total. The number of hydrogen-bond acceptors (Lipinski definition) is 2. The SMILES string of the molecule is CN=C(NCCCc1c[nH]c2ccccc12)NC1CCN(C2CCCCC2)CC1.I. The van der Waals surface area contributed by atoms with Gasteiger partial charge in [0.25, 0.3) is 0 Å². The minimum atomic E-state index is 0. The monoisotopic (exact) mass is 523 g/mol. The second-order valence-electron chi connectivity index (χ2n) is 8.71. The van der Waals surface area contributed by atoms with Gasteiger partial charge in [0, 0.05) is 55.9 Å². The third-order valence-electron chi connectivity index (χ3n) is 6.78. The van der Waals surface area contributed by atoms with Crippen molar-refractivity contribution >= 4 is 40.8 Å². The van der Waals surface area contributed by atoms with Crippen LogP contribution in [0.3, 0.4) is 0 Å². The first-order valence-electron chi connectivity index (χ1n) is 11.6. The van der Waals surface area contributed by atoms with E-state index < -0.39 is 0 Å². The molecule has 2 heterocycles. The lowest BCUT2D eigenvalue weighted by atomic mass is 9.92. The second-order valence-corrected chi connectivity index (χ2v) is 8.71. The average Bonchev–Trinajstić information content (AvgIpc) is 3.20. The summed E-state index contributed by atoms with van der Waals surface area (Å²) in [6.07, 6.45) is 13.9. The van der Waals surface area contributed by atoms with Gasteiger partial charge in [-0.3, -0.25) is 4.99 Å². The summed E-state index contributed by atoms with van der Waals surface area (Å²) in [6, 6.07) is 9.95. The average molecular weight is 524 g/mol. The number of guanidine groups is 1. The van der Waals surface area contributed by atoms with E-state index in [0.717, 1.165) is 31.4 Å². The van der Waals surface area contributed by atoms with Crippen LogP contribution in [0.15, 0.2) is 35.5 Å². The number of nitrogens with zero attached hydrogens (tertiary/aromatic N) is 2. The van der Waals surface area contributed by atoms with Crippen LogP contribution < -0.4 is 10.6 Å². The molecule has 0 bridgehead atoms. The predicted molar refractivity (Wildman–Crippen MR) is 138 cm³/mol. The Kier molecular flexibility index (Phi) is 9.30. The number of fused-ring (bicyclic) bond motifs is 1. The van der Waals surface area contributed by atoms with Crippen LogP contribution in [0.2, 0.25) is 0 Å². The van der Waals surface area contributed by atoms with Crippen molar-refractivity contribution in [3.8, 4) is 0 Å². The molecule has 2 aromatic rings. The number of benzene rings is 1. The van der Waals surface area contributed by atoms with Crippen LogP contribution >= 0.6 is 24.0 Å². The Morgan fingerprint density at radius 1 is 1.10 bits per heavy atom. The normalized spacial score (nSPS) is 19.6. The molecule has 0 spiro atoms. The standard InChI is InChI=1S/C24H37N5.HI/c1-25-24(26-15-7-8-19-18-27-23-12-6-5-11-22(19)23)28-20-13-16-29(17-14-20)21-9-3-2-4-10-21;/h5-6,11-12,18,20-21,27H,2-4,7-10,13-17H2,1H3,(H2,25,26,28);1H. The van der Waals surface area contributed by atoms with Crippen molar-refractivity contribution in [3.05, 3.63) is 36.0 Å². The van der Waals surface area contributed by atoms with E-state index in [2.05, 4.69) is 56.0 Å². The summed E-state index contributed by atoms with van der Waals surface area (Å²) >= 11 is 0. The zero-order valence-electron chi connectivity index (χ0n) is 18.3. The number of hydrogen-bond donors (Lipinski definition) is 3. The number of aromatic amines is 1.